The Labute approximate surface area is 181 Å². The molecule has 1 N–H and O–H groups in total. The summed E-state index contributed by atoms with van der Waals surface area (Å²) in [4.78, 5) is 2.38. The number of nitrogens with one attached hydrogen (secondary N) is 1. The highest BCUT2D eigenvalue weighted by Gasteiger charge is 2.23. The number of hydrogen-bond donors (Lipinski definition) is 1. The van der Waals surface area contributed by atoms with Crippen molar-refractivity contribution in [2.75, 3.05) is 5.32 Å². The van der Waals surface area contributed by atoms with E-state index in [0.29, 0.717) is 0 Å². The third-order valence-corrected chi connectivity index (χ3v) is 6.32. The Morgan fingerprint density at radius 3 is 2.24 bits per heavy atom. The molecule has 0 saturated heterocycles. The number of para-hydroxylation sites is 1. The number of fused-ring (bicyclic) bond motifs is 1. The minimum atomic E-state index is 0.0557. The molecule has 0 amide bonds. The molecule has 0 saturated carbocycles. The second kappa shape index (κ2) is 8.28. The monoisotopic (exact) mass is 403 g/mol. The largest absolute Gasteiger partial charge is 0.354 e. The van der Waals surface area contributed by atoms with E-state index in [9.17, 15) is 0 Å². The van der Waals surface area contributed by atoms with Crippen LogP contribution in [0.15, 0.2) is 82.6 Å². The maximum absolute atomic E-state index is 4.44. The quantitative estimate of drug-likeness (QED) is 0.540. The summed E-state index contributed by atoms with van der Waals surface area (Å²) in [6, 6.07) is 15.2. The lowest BCUT2D eigenvalue weighted by Crippen LogP contribution is -2.13. The molecule has 1 aliphatic heterocycles. The highest BCUT2D eigenvalue weighted by Crippen LogP contribution is 2.45. The van der Waals surface area contributed by atoms with Gasteiger partial charge in [-0.25, -0.2) is 0 Å². The summed E-state index contributed by atoms with van der Waals surface area (Å²) in [5, 5.41) is 3.74. The molecule has 2 heteroatoms. The lowest BCUT2D eigenvalue weighted by molar-refractivity contribution is 0.515. The third-order valence-electron chi connectivity index (χ3n) is 5.17. The van der Waals surface area contributed by atoms with Gasteiger partial charge in [0.15, 0.2) is 0 Å². The van der Waals surface area contributed by atoms with Crippen LogP contribution in [-0.2, 0) is 11.8 Å². The van der Waals surface area contributed by atoms with Gasteiger partial charge >= 0.3 is 0 Å². The van der Waals surface area contributed by atoms with Gasteiger partial charge < -0.3 is 5.32 Å². The summed E-state index contributed by atoms with van der Waals surface area (Å²) in [5.41, 5.74) is 6.38. The predicted molar refractivity (Wildman–Crippen MR) is 130 cm³/mol. The fraction of sp³-hybridized carbons (Fsp3) is 0.333. The van der Waals surface area contributed by atoms with Crippen molar-refractivity contribution >= 4 is 23.1 Å². The smallest absolute Gasteiger partial charge is 0.0529 e. The summed E-state index contributed by atoms with van der Waals surface area (Å²) < 4.78 is 0. The molecule has 0 aromatic heterocycles. The fourth-order valence-corrected chi connectivity index (χ4v) is 4.90. The van der Waals surface area contributed by atoms with E-state index < -0.39 is 0 Å². The predicted octanol–water partition coefficient (Wildman–Crippen LogP) is 8.42. The molecule has 29 heavy (non-hydrogen) atoms. The van der Waals surface area contributed by atoms with Crippen LogP contribution in [-0.4, -0.2) is 0 Å². The summed E-state index contributed by atoms with van der Waals surface area (Å²) in [6.45, 7) is 18.0. The topological polar surface area (TPSA) is 12.0 Å². The number of anilines is 2. The fourth-order valence-electron chi connectivity index (χ4n) is 3.65. The normalized spacial score (nSPS) is 18.0. The van der Waals surface area contributed by atoms with Crippen molar-refractivity contribution < 1.29 is 0 Å². The Morgan fingerprint density at radius 1 is 0.862 bits per heavy atom. The summed E-state index contributed by atoms with van der Waals surface area (Å²) in [7, 11) is 0. The third kappa shape index (κ3) is 5.05. The van der Waals surface area contributed by atoms with E-state index in [1.54, 1.807) is 11.8 Å². The van der Waals surface area contributed by atoms with Crippen LogP contribution in [0.4, 0.5) is 11.4 Å². The minimum absolute atomic E-state index is 0.0557. The minimum Gasteiger partial charge on any atom is -0.354 e. The average molecular weight is 404 g/mol. The van der Waals surface area contributed by atoms with E-state index in [1.165, 1.54) is 27.3 Å². The first-order valence-corrected chi connectivity index (χ1v) is 11.1. The molecular formula is C27H33NS. The molecule has 3 rings (SSSR count). The molecule has 0 bridgehead atoms. The van der Waals surface area contributed by atoms with Crippen molar-refractivity contribution in [2.24, 2.45) is 5.41 Å². The van der Waals surface area contributed by atoms with Crippen LogP contribution in [0.3, 0.4) is 0 Å². The Kier molecular flexibility index (Phi) is 6.14. The zero-order valence-electron chi connectivity index (χ0n) is 18.6. The van der Waals surface area contributed by atoms with Crippen molar-refractivity contribution in [3.8, 4) is 0 Å². The SMILES string of the molecule is C=C1Sc2c(cccc2Nc2ccccc2C(C)(C)C)C/C=C\C=C/1C(C)(C)C. The van der Waals surface area contributed by atoms with Crippen LogP contribution in [0.5, 0.6) is 0 Å². The second-order valence-electron chi connectivity index (χ2n) is 9.70. The van der Waals surface area contributed by atoms with Gasteiger partial charge in [-0.15, -0.1) is 0 Å². The van der Waals surface area contributed by atoms with Crippen LogP contribution in [0.2, 0.25) is 0 Å². The molecule has 2 aromatic rings. The highest BCUT2D eigenvalue weighted by atomic mass is 32.2. The number of allylic oxidation sites excluding steroid dienone is 4. The molecule has 1 nitrogen and oxygen atoms in total. The summed E-state index contributed by atoms with van der Waals surface area (Å²) in [5.74, 6) is 0. The highest BCUT2D eigenvalue weighted by molar-refractivity contribution is 8.03. The summed E-state index contributed by atoms with van der Waals surface area (Å²) >= 11 is 1.79. The van der Waals surface area contributed by atoms with E-state index in [2.05, 4.69) is 114 Å². The molecule has 1 aliphatic rings. The number of benzene rings is 2. The lowest BCUT2D eigenvalue weighted by Gasteiger charge is -2.26. The van der Waals surface area contributed by atoms with Crippen molar-refractivity contribution in [3.63, 3.8) is 0 Å². The van der Waals surface area contributed by atoms with Gasteiger partial charge in [-0.3, -0.25) is 0 Å². The zero-order chi connectivity index (χ0) is 21.2. The van der Waals surface area contributed by atoms with Crippen molar-refractivity contribution in [1.29, 1.82) is 0 Å². The van der Waals surface area contributed by atoms with Gasteiger partial charge in [0.25, 0.3) is 0 Å². The Balaban J connectivity index is 2.05. The first kappa shape index (κ1) is 21.5. The molecule has 0 radical (unpaired) electrons. The van der Waals surface area contributed by atoms with Gasteiger partial charge in [-0.1, -0.05) is 108 Å². The number of hydrogen-bond acceptors (Lipinski definition) is 2. The first-order valence-electron chi connectivity index (χ1n) is 10.3. The maximum atomic E-state index is 4.44. The van der Waals surface area contributed by atoms with Crippen LogP contribution in [0.25, 0.3) is 0 Å². The van der Waals surface area contributed by atoms with Gasteiger partial charge in [0, 0.05) is 15.5 Å². The Bertz CT molecular complexity index is 965. The molecule has 0 fully saturated rings. The standard InChI is InChI=1S/C27H33NS/c1-19-21(26(2,3)4)15-9-8-13-20-14-12-18-24(25(20)29-19)28-23-17-11-10-16-22(23)27(5,6)7/h8-12,14-18,28H,1,13H2,2-7H3/b9-8-,21-15+. The Hall–Kier alpha value is -2.19. The van der Waals surface area contributed by atoms with E-state index in [1.807, 2.05) is 0 Å². The van der Waals surface area contributed by atoms with E-state index in [-0.39, 0.29) is 10.8 Å². The molecule has 0 unspecified atom stereocenters. The van der Waals surface area contributed by atoms with Gasteiger partial charge in [-0.2, -0.15) is 0 Å². The first-order chi connectivity index (χ1) is 13.6. The van der Waals surface area contributed by atoms with Gasteiger partial charge in [0.05, 0.1) is 5.69 Å². The molecule has 0 aliphatic carbocycles. The summed E-state index contributed by atoms with van der Waals surface area (Å²) in [6.07, 6.45) is 7.57. The van der Waals surface area contributed by atoms with Crippen molar-refractivity contribution in [1.82, 2.24) is 0 Å². The molecule has 152 valence electrons. The van der Waals surface area contributed by atoms with E-state index in [4.69, 9.17) is 0 Å². The average Bonchev–Trinajstić information content (AvgIpc) is 2.70. The lowest BCUT2D eigenvalue weighted by atomic mass is 9.86. The Morgan fingerprint density at radius 2 is 1.55 bits per heavy atom. The zero-order valence-corrected chi connectivity index (χ0v) is 19.4. The number of thioether (sulfide) groups is 1. The molecule has 0 atom stereocenters. The molecular weight excluding hydrogens is 370 g/mol. The van der Waals surface area contributed by atoms with Crippen LogP contribution < -0.4 is 5.32 Å². The van der Waals surface area contributed by atoms with Crippen LogP contribution >= 0.6 is 11.8 Å². The number of rotatable bonds is 2. The molecule has 1 heterocycles. The van der Waals surface area contributed by atoms with Crippen LogP contribution in [0, 0.1) is 5.41 Å². The second-order valence-corrected chi connectivity index (χ2v) is 10.8. The van der Waals surface area contributed by atoms with E-state index >= 15 is 0 Å². The van der Waals surface area contributed by atoms with Crippen molar-refractivity contribution in [3.05, 3.63) is 88.9 Å². The van der Waals surface area contributed by atoms with Crippen LogP contribution in [0.1, 0.15) is 52.7 Å². The molecule has 0 spiro atoms. The van der Waals surface area contributed by atoms with Gasteiger partial charge in [0.1, 0.15) is 0 Å². The van der Waals surface area contributed by atoms with E-state index in [0.717, 1.165) is 17.0 Å². The van der Waals surface area contributed by atoms with Gasteiger partial charge in [0.2, 0.25) is 0 Å². The van der Waals surface area contributed by atoms with Gasteiger partial charge in [-0.05, 0) is 46.1 Å². The maximum Gasteiger partial charge on any atom is 0.0529 e. The van der Waals surface area contributed by atoms with Crippen molar-refractivity contribution in [2.45, 2.75) is 58.3 Å². The molecule has 2 aromatic carbocycles.